The van der Waals surface area contributed by atoms with Gasteiger partial charge in [0.25, 0.3) is 0 Å². The van der Waals surface area contributed by atoms with Gasteiger partial charge >= 0.3 is 0 Å². The molecule has 0 aliphatic carbocycles. The topological polar surface area (TPSA) is 20.3 Å². The summed E-state index contributed by atoms with van der Waals surface area (Å²) in [7, 11) is 0. The van der Waals surface area contributed by atoms with Gasteiger partial charge in [0.1, 0.15) is 0 Å². The highest BCUT2D eigenvalue weighted by molar-refractivity contribution is 14.1. The fourth-order valence-electron chi connectivity index (χ4n) is 1.62. The standard InChI is InChI=1S/C8H13FINO/c1-6-5-8(9,10)3-4-11(6)7(2)12/h6H,3-5H2,1-2H3/t6-,8?/m1/s1. The first-order valence-corrected chi connectivity index (χ1v) is 5.15. The lowest BCUT2D eigenvalue weighted by molar-refractivity contribution is -0.133. The molecule has 12 heavy (non-hydrogen) atoms. The molecule has 1 unspecified atom stereocenters. The highest BCUT2D eigenvalue weighted by atomic mass is 127. The molecule has 1 aliphatic heterocycles. The second-order valence-corrected chi connectivity index (χ2v) is 5.30. The summed E-state index contributed by atoms with van der Waals surface area (Å²) in [6.07, 6.45) is 0.907. The van der Waals surface area contributed by atoms with Crippen LogP contribution in [0.3, 0.4) is 0 Å². The second-order valence-electron chi connectivity index (χ2n) is 3.37. The van der Waals surface area contributed by atoms with Crippen molar-refractivity contribution in [1.29, 1.82) is 0 Å². The molecule has 1 saturated heterocycles. The van der Waals surface area contributed by atoms with Crippen LogP contribution in [0, 0.1) is 0 Å². The highest BCUT2D eigenvalue weighted by Gasteiger charge is 2.36. The lowest BCUT2D eigenvalue weighted by Gasteiger charge is -2.38. The molecule has 0 saturated carbocycles. The average Bonchev–Trinajstić information content (AvgIpc) is 1.83. The third-order valence-electron chi connectivity index (χ3n) is 2.25. The maximum absolute atomic E-state index is 13.4. The molecule has 0 aromatic rings. The summed E-state index contributed by atoms with van der Waals surface area (Å²) in [4.78, 5) is 12.8. The molecule has 1 amide bonds. The Morgan fingerprint density at radius 2 is 2.33 bits per heavy atom. The normalized spacial score (nSPS) is 36.7. The van der Waals surface area contributed by atoms with Gasteiger partial charge in [-0.1, -0.05) is 0 Å². The largest absolute Gasteiger partial charge is 0.340 e. The number of hydrogen-bond acceptors (Lipinski definition) is 1. The predicted molar refractivity (Wildman–Crippen MR) is 53.9 cm³/mol. The molecular weight excluding hydrogens is 272 g/mol. The van der Waals surface area contributed by atoms with Gasteiger partial charge in [0.2, 0.25) is 5.91 Å². The number of likely N-dealkylation sites (tertiary alicyclic amines) is 1. The van der Waals surface area contributed by atoms with E-state index >= 15 is 0 Å². The summed E-state index contributed by atoms with van der Waals surface area (Å²) in [6, 6.07) is 0.0400. The van der Waals surface area contributed by atoms with E-state index in [9.17, 15) is 9.18 Å². The summed E-state index contributed by atoms with van der Waals surface area (Å²) in [5, 5.41) is 0. The number of alkyl halides is 2. The molecule has 0 bridgehead atoms. The first kappa shape index (κ1) is 10.2. The number of carbonyl (C=O) groups excluding carboxylic acids is 1. The quantitative estimate of drug-likeness (QED) is 0.493. The van der Waals surface area contributed by atoms with E-state index in [-0.39, 0.29) is 11.9 Å². The number of carbonyl (C=O) groups is 1. The van der Waals surface area contributed by atoms with Crippen LogP contribution in [-0.4, -0.2) is 27.1 Å². The maximum atomic E-state index is 13.4. The van der Waals surface area contributed by atoms with Gasteiger partial charge in [0.15, 0.2) is 3.68 Å². The van der Waals surface area contributed by atoms with E-state index in [1.165, 1.54) is 6.92 Å². The van der Waals surface area contributed by atoms with Gasteiger partial charge in [0, 0.05) is 32.4 Å². The second kappa shape index (κ2) is 3.47. The summed E-state index contributed by atoms with van der Waals surface area (Å²) in [5.41, 5.74) is 0. The zero-order valence-electron chi connectivity index (χ0n) is 7.31. The maximum Gasteiger partial charge on any atom is 0.219 e. The molecule has 1 aliphatic rings. The van der Waals surface area contributed by atoms with Crippen LogP contribution in [0.5, 0.6) is 0 Å². The molecule has 1 heterocycles. The number of amides is 1. The van der Waals surface area contributed by atoms with Crippen LogP contribution in [-0.2, 0) is 4.79 Å². The first-order chi connectivity index (χ1) is 5.42. The van der Waals surface area contributed by atoms with Crippen LogP contribution in [0.4, 0.5) is 4.39 Å². The Balaban J connectivity index is 2.60. The number of rotatable bonds is 0. The predicted octanol–water partition coefficient (Wildman–Crippen LogP) is 2.12. The highest BCUT2D eigenvalue weighted by Crippen LogP contribution is 2.36. The van der Waals surface area contributed by atoms with Crippen molar-refractivity contribution in [3.8, 4) is 0 Å². The van der Waals surface area contributed by atoms with Gasteiger partial charge in [-0.25, -0.2) is 4.39 Å². The van der Waals surface area contributed by atoms with Crippen LogP contribution in [0.2, 0.25) is 0 Å². The Bertz CT molecular complexity index is 195. The van der Waals surface area contributed by atoms with Crippen molar-refractivity contribution >= 4 is 28.5 Å². The first-order valence-electron chi connectivity index (χ1n) is 4.07. The Hall–Kier alpha value is 0.130. The van der Waals surface area contributed by atoms with Crippen LogP contribution in [0.25, 0.3) is 0 Å². The van der Waals surface area contributed by atoms with E-state index in [2.05, 4.69) is 0 Å². The summed E-state index contributed by atoms with van der Waals surface area (Å²) >= 11 is 1.83. The SMILES string of the molecule is CC(=O)N1CCC(F)(I)C[C@H]1C. The fraction of sp³-hybridized carbons (Fsp3) is 0.875. The molecule has 4 heteroatoms. The van der Waals surface area contributed by atoms with Gasteiger partial charge in [-0.15, -0.1) is 0 Å². The van der Waals surface area contributed by atoms with Crippen LogP contribution in [0.1, 0.15) is 26.7 Å². The minimum atomic E-state index is -1.11. The van der Waals surface area contributed by atoms with Crippen molar-refractivity contribution in [2.45, 2.75) is 36.4 Å². The molecule has 70 valence electrons. The molecule has 0 radical (unpaired) electrons. The Labute approximate surface area is 85.6 Å². The molecule has 0 N–H and O–H groups in total. The molecule has 2 nitrogen and oxygen atoms in total. The van der Waals surface area contributed by atoms with Gasteiger partial charge in [-0.3, -0.25) is 4.79 Å². The van der Waals surface area contributed by atoms with Gasteiger partial charge in [0.05, 0.1) is 0 Å². The van der Waals surface area contributed by atoms with Crippen molar-refractivity contribution in [2.75, 3.05) is 6.54 Å². The Morgan fingerprint density at radius 3 is 2.75 bits per heavy atom. The van der Waals surface area contributed by atoms with Crippen LogP contribution >= 0.6 is 22.6 Å². The molecule has 1 rings (SSSR count). The third-order valence-corrected chi connectivity index (χ3v) is 3.23. The number of halogens is 2. The van der Waals surface area contributed by atoms with Crippen LogP contribution in [0.15, 0.2) is 0 Å². The molecule has 0 spiro atoms. The Morgan fingerprint density at radius 1 is 1.75 bits per heavy atom. The van der Waals surface area contributed by atoms with Gasteiger partial charge in [-0.05, 0) is 29.5 Å². The molecule has 2 atom stereocenters. The summed E-state index contributed by atoms with van der Waals surface area (Å²) in [5.74, 6) is 0.0504. The van der Waals surface area contributed by atoms with Gasteiger partial charge in [-0.2, -0.15) is 0 Å². The minimum Gasteiger partial charge on any atom is -0.340 e. The smallest absolute Gasteiger partial charge is 0.219 e. The summed E-state index contributed by atoms with van der Waals surface area (Å²) < 4.78 is 12.3. The minimum absolute atomic E-state index is 0.0400. The molecule has 0 aromatic heterocycles. The number of nitrogens with zero attached hydrogens (tertiary/aromatic N) is 1. The molecule has 1 fully saturated rings. The van der Waals surface area contributed by atoms with E-state index in [0.29, 0.717) is 19.4 Å². The zero-order chi connectivity index (χ0) is 9.35. The average molecular weight is 285 g/mol. The summed E-state index contributed by atoms with van der Waals surface area (Å²) in [6.45, 7) is 3.98. The number of piperidine rings is 1. The Kier molecular flexibility index (Phi) is 2.96. The van der Waals surface area contributed by atoms with E-state index < -0.39 is 3.68 Å². The van der Waals surface area contributed by atoms with Crippen molar-refractivity contribution in [3.05, 3.63) is 0 Å². The zero-order valence-corrected chi connectivity index (χ0v) is 9.47. The number of hydrogen-bond donors (Lipinski definition) is 0. The van der Waals surface area contributed by atoms with E-state index in [4.69, 9.17) is 0 Å². The van der Waals surface area contributed by atoms with Crippen molar-refractivity contribution in [2.24, 2.45) is 0 Å². The molecule has 0 aromatic carbocycles. The lowest BCUT2D eigenvalue weighted by atomic mass is 10.0. The molecular formula is C8H13FINO. The van der Waals surface area contributed by atoms with Crippen molar-refractivity contribution < 1.29 is 9.18 Å². The van der Waals surface area contributed by atoms with Crippen molar-refractivity contribution in [1.82, 2.24) is 4.90 Å². The van der Waals surface area contributed by atoms with Crippen LogP contribution < -0.4 is 0 Å². The third kappa shape index (κ3) is 2.31. The van der Waals surface area contributed by atoms with E-state index in [1.807, 2.05) is 29.5 Å². The van der Waals surface area contributed by atoms with E-state index in [1.54, 1.807) is 4.90 Å². The monoisotopic (exact) mass is 285 g/mol. The van der Waals surface area contributed by atoms with Crippen molar-refractivity contribution in [3.63, 3.8) is 0 Å². The lowest BCUT2D eigenvalue weighted by Crippen LogP contribution is -2.46. The van der Waals surface area contributed by atoms with Gasteiger partial charge < -0.3 is 4.90 Å². The van der Waals surface area contributed by atoms with E-state index in [0.717, 1.165) is 0 Å². The fourth-order valence-corrected chi connectivity index (χ4v) is 2.50.